The Morgan fingerprint density at radius 3 is 2.28 bits per heavy atom. The van der Waals surface area contributed by atoms with Gasteiger partial charge in [-0.15, -0.1) is 0 Å². The highest BCUT2D eigenvalue weighted by Gasteiger charge is 2.30. The Kier molecular flexibility index (Phi) is 18.7. The van der Waals surface area contributed by atoms with Crippen molar-refractivity contribution in [1.29, 1.82) is 0 Å². The normalized spacial score (nSPS) is 15.7. The van der Waals surface area contributed by atoms with Gasteiger partial charge in [-0.1, -0.05) is 51.7 Å². The second kappa shape index (κ2) is 24.4. The molecule has 3 amide bonds. The van der Waals surface area contributed by atoms with Crippen LogP contribution >= 0.6 is 0 Å². The smallest absolute Gasteiger partial charge is 0.249 e. The Bertz CT molecular complexity index is 2350. The zero-order valence-corrected chi connectivity index (χ0v) is 39.2. The van der Waals surface area contributed by atoms with Gasteiger partial charge in [0.25, 0.3) is 0 Å². The summed E-state index contributed by atoms with van der Waals surface area (Å²) in [7, 11) is -3.62. The highest BCUT2D eigenvalue weighted by molar-refractivity contribution is 7.90. The SMILES string of the molecule is CC(=O)c1cccc(N2CCN(C(=O)CCCCCCCOc3ccc(-c4cc(NCCCn5cccn5)nc(S(C)(=O)=O)n4)cc3)CC2)c1C(C)=O.CCC(C)C1CCC(=O)NC1=O. The fourth-order valence-corrected chi connectivity index (χ4v) is 8.43. The van der Waals surface area contributed by atoms with Crippen molar-refractivity contribution in [3.05, 3.63) is 78.1 Å². The number of piperidine rings is 1. The summed E-state index contributed by atoms with van der Waals surface area (Å²) in [5, 5.41) is 9.54. The summed E-state index contributed by atoms with van der Waals surface area (Å²) in [5.41, 5.74) is 2.92. The Morgan fingerprint density at radius 1 is 0.908 bits per heavy atom. The fraction of sp³-hybridized carbons (Fsp3) is 0.500. The van der Waals surface area contributed by atoms with Crippen molar-refractivity contribution >= 4 is 50.6 Å². The topological polar surface area (TPSA) is 203 Å². The number of amides is 3. The average molecular weight is 913 g/mol. The molecule has 2 aromatic heterocycles. The van der Waals surface area contributed by atoms with E-state index in [4.69, 9.17) is 4.74 Å². The van der Waals surface area contributed by atoms with Crippen molar-refractivity contribution in [1.82, 2.24) is 30.0 Å². The maximum Gasteiger partial charge on any atom is 0.249 e. The lowest BCUT2D eigenvalue weighted by Gasteiger charge is -2.37. The Labute approximate surface area is 382 Å². The van der Waals surface area contributed by atoms with Gasteiger partial charge in [-0.2, -0.15) is 5.10 Å². The van der Waals surface area contributed by atoms with Gasteiger partial charge in [-0.25, -0.2) is 18.4 Å². The Balaban J connectivity index is 0.000000572. The van der Waals surface area contributed by atoms with Crippen LogP contribution in [0.4, 0.5) is 11.5 Å². The Hall–Kier alpha value is -5.97. The molecule has 0 aliphatic carbocycles. The molecule has 2 fully saturated rings. The van der Waals surface area contributed by atoms with Crippen molar-refractivity contribution in [3.8, 4) is 17.0 Å². The first-order valence-corrected chi connectivity index (χ1v) is 24.6. The summed E-state index contributed by atoms with van der Waals surface area (Å²) in [6, 6.07) is 16.4. The molecule has 0 saturated carbocycles. The van der Waals surface area contributed by atoms with Crippen LogP contribution in [-0.2, 0) is 30.8 Å². The van der Waals surface area contributed by atoms with E-state index in [9.17, 15) is 32.4 Å². The number of unbranched alkanes of at least 4 members (excludes halogenated alkanes) is 4. The number of piperazine rings is 1. The number of hydrogen-bond acceptors (Lipinski definition) is 13. The minimum absolute atomic E-state index is 0.0488. The number of aromatic nitrogens is 4. The molecule has 2 aliphatic heterocycles. The van der Waals surface area contributed by atoms with E-state index in [1.807, 2.05) is 58.2 Å². The number of imide groups is 1. The zero-order chi connectivity index (χ0) is 46.9. The number of aryl methyl sites for hydroxylation is 1. The second-order valence-corrected chi connectivity index (χ2v) is 18.7. The average Bonchev–Trinajstić information content (AvgIpc) is 3.82. The van der Waals surface area contributed by atoms with E-state index < -0.39 is 9.84 Å². The molecule has 350 valence electrons. The highest BCUT2D eigenvalue weighted by Crippen LogP contribution is 2.28. The fourth-order valence-electron chi connectivity index (χ4n) is 7.90. The van der Waals surface area contributed by atoms with Gasteiger partial charge < -0.3 is 19.9 Å². The van der Waals surface area contributed by atoms with Crippen LogP contribution in [0.5, 0.6) is 5.75 Å². The number of benzene rings is 2. The van der Waals surface area contributed by atoms with Gasteiger partial charge in [0.2, 0.25) is 32.7 Å². The number of hydrogen-bond donors (Lipinski definition) is 2. The van der Waals surface area contributed by atoms with Gasteiger partial charge in [0, 0.05) is 99.6 Å². The van der Waals surface area contributed by atoms with Gasteiger partial charge in [0.1, 0.15) is 11.6 Å². The van der Waals surface area contributed by atoms with Crippen molar-refractivity contribution < 1.29 is 37.1 Å². The molecule has 2 saturated heterocycles. The van der Waals surface area contributed by atoms with Crippen LogP contribution in [-0.4, -0.2) is 108 Å². The maximum absolute atomic E-state index is 12.9. The summed E-state index contributed by atoms with van der Waals surface area (Å²) < 4.78 is 32.4. The summed E-state index contributed by atoms with van der Waals surface area (Å²) in [5.74, 6) is 1.29. The van der Waals surface area contributed by atoms with Gasteiger partial charge >= 0.3 is 0 Å². The number of anilines is 2. The van der Waals surface area contributed by atoms with Crippen LogP contribution in [0.2, 0.25) is 0 Å². The van der Waals surface area contributed by atoms with E-state index >= 15 is 0 Å². The van der Waals surface area contributed by atoms with Crippen LogP contribution in [0.1, 0.15) is 113 Å². The molecule has 17 heteroatoms. The molecule has 0 radical (unpaired) electrons. The lowest BCUT2D eigenvalue weighted by atomic mass is 9.85. The van der Waals surface area contributed by atoms with Gasteiger partial charge in [0.15, 0.2) is 11.6 Å². The molecule has 0 spiro atoms. The number of carbonyl (C=O) groups excluding carboxylic acids is 5. The van der Waals surface area contributed by atoms with Crippen molar-refractivity contribution in [2.45, 2.75) is 104 Å². The number of nitrogens with zero attached hydrogens (tertiary/aromatic N) is 6. The number of ketones is 2. The number of nitrogens with one attached hydrogen (secondary N) is 2. The molecule has 65 heavy (non-hydrogen) atoms. The third kappa shape index (κ3) is 15.0. The Morgan fingerprint density at radius 2 is 1.63 bits per heavy atom. The predicted molar refractivity (Wildman–Crippen MR) is 250 cm³/mol. The molecular weight excluding hydrogens is 849 g/mol. The van der Waals surface area contributed by atoms with Crippen LogP contribution in [0, 0.1) is 11.8 Å². The van der Waals surface area contributed by atoms with E-state index in [2.05, 4.69) is 44.4 Å². The molecule has 16 nitrogen and oxygen atoms in total. The predicted octanol–water partition coefficient (Wildman–Crippen LogP) is 6.80. The minimum atomic E-state index is -3.62. The summed E-state index contributed by atoms with van der Waals surface area (Å²) in [6.07, 6.45) is 12.9. The first-order chi connectivity index (χ1) is 31.1. The van der Waals surface area contributed by atoms with E-state index in [0.29, 0.717) is 80.7 Å². The van der Waals surface area contributed by atoms with Crippen molar-refractivity contribution in [2.75, 3.05) is 55.8 Å². The lowest BCUT2D eigenvalue weighted by molar-refractivity contribution is -0.137. The van der Waals surface area contributed by atoms with Gasteiger partial charge in [-0.05, 0) is 81.8 Å². The molecule has 4 heterocycles. The number of Topliss-reactive ketones (excluding diaryl/α,β-unsaturated/α-hetero) is 2. The monoisotopic (exact) mass is 912 g/mol. The first-order valence-electron chi connectivity index (χ1n) is 22.7. The molecule has 2 aliphatic rings. The largest absolute Gasteiger partial charge is 0.494 e. The molecule has 4 aromatic rings. The summed E-state index contributed by atoms with van der Waals surface area (Å²) >= 11 is 0. The van der Waals surface area contributed by atoms with E-state index in [1.165, 1.54) is 13.8 Å². The molecular formula is C48H64N8O8S. The van der Waals surface area contributed by atoms with Gasteiger partial charge in [-0.3, -0.25) is 34.0 Å². The highest BCUT2D eigenvalue weighted by atomic mass is 32.2. The molecule has 2 atom stereocenters. The second-order valence-electron chi connectivity index (χ2n) is 16.8. The summed E-state index contributed by atoms with van der Waals surface area (Å²) in [4.78, 5) is 72.0. The van der Waals surface area contributed by atoms with Crippen molar-refractivity contribution in [3.63, 3.8) is 0 Å². The van der Waals surface area contributed by atoms with Crippen LogP contribution in [0.15, 0.2) is 72.1 Å². The zero-order valence-electron chi connectivity index (χ0n) is 38.4. The minimum Gasteiger partial charge on any atom is -0.494 e. The molecule has 0 bridgehead atoms. The maximum atomic E-state index is 12.9. The van der Waals surface area contributed by atoms with Gasteiger partial charge in [0.05, 0.1) is 17.9 Å². The third-order valence-corrected chi connectivity index (χ3v) is 12.6. The number of carbonyl (C=O) groups is 5. The van der Waals surface area contributed by atoms with E-state index in [-0.39, 0.29) is 40.4 Å². The quantitative estimate of drug-likeness (QED) is 0.0383. The first kappa shape index (κ1) is 50.0. The summed E-state index contributed by atoms with van der Waals surface area (Å²) in [6.45, 7) is 11.4. The molecule has 2 unspecified atom stereocenters. The van der Waals surface area contributed by atoms with Crippen LogP contribution < -0.4 is 20.3 Å². The molecule has 6 rings (SSSR count). The standard InChI is InChI=1S/C39H49N7O6S.C9H15NO2/c1-29(47)33-12-9-13-35(38(33)30(2)48)44-23-25-45(26-24-44)37(49)14-7-5-4-6-8-27-52-32-17-15-31(16-18-32)34-28-36(43-39(42-34)53(3,50)51)40-19-10-21-46-22-11-20-41-46;1-3-6(2)7-4-5-8(11)10-9(7)12/h9,11-13,15-18,20,22,28H,4-8,10,14,19,21,23-27H2,1-3H3,(H,40,42,43);6-7H,3-5H2,1-2H3,(H,10,11,12). The number of ether oxygens (including phenoxy) is 1. The number of sulfone groups is 1. The third-order valence-electron chi connectivity index (χ3n) is 11.8. The lowest BCUT2D eigenvalue weighted by Crippen LogP contribution is -2.49. The molecule has 2 aromatic carbocycles. The van der Waals surface area contributed by atoms with Crippen molar-refractivity contribution in [2.24, 2.45) is 11.8 Å². The van der Waals surface area contributed by atoms with E-state index in [1.54, 1.807) is 18.3 Å². The number of rotatable bonds is 21. The van der Waals surface area contributed by atoms with Crippen LogP contribution in [0.3, 0.4) is 0 Å². The molecule has 2 N–H and O–H groups in total. The van der Waals surface area contributed by atoms with E-state index in [0.717, 1.165) is 81.2 Å². The van der Waals surface area contributed by atoms with Crippen LogP contribution in [0.25, 0.3) is 11.3 Å².